The van der Waals surface area contributed by atoms with Gasteiger partial charge in [0.1, 0.15) is 0 Å². The molecule has 0 saturated carbocycles. The van der Waals surface area contributed by atoms with E-state index in [-0.39, 0.29) is 11.5 Å². The zero-order chi connectivity index (χ0) is 13.2. The lowest BCUT2D eigenvalue weighted by atomic mass is 10.2. The number of methoxy groups -OCH3 is 1. The summed E-state index contributed by atoms with van der Waals surface area (Å²) < 4.78 is 27.7. The molecule has 2 unspecified atom stereocenters. The molecule has 2 atom stereocenters. The lowest BCUT2D eigenvalue weighted by Gasteiger charge is -2.14. The molecule has 0 amide bonds. The van der Waals surface area contributed by atoms with Gasteiger partial charge in [-0.25, -0.2) is 13.4 Å². The fraction of sp³-hybridized carbons (Fsp3) is 0.545. The third kappa shape index (κ3) is 3.18. The van der Waals surface area contributed by atoms with Crippen LogP contribution < -0.4 is 10.1 Å². The second-order valence-electron chi connectivity index (χ2n) is 4.34. The van der Waals surface area contributed by atoms with Crippen molar-refractivity contribution < 1.29 is 18.3 Å². The molecule has 2 heterocycles. The van der Waals surface area contributed by atoms with E-state index >= 15 is 0 Å². The van der Waals surface area contributed by atoms with Crippen LogP contribution in [-0.4, -0.2) is 49.3 Å². The van der Waals surface area contributed by atoms with Crippen LogP contribution in [0.1, 0.15) is 5.56 Å². The Kier molecular flexibility index (Phi) is 3.84. The highest BCUT2D eigenvalue weighted by Crippen LogP contribution is 2.14. The van der Waals surface area contributed by atoms with E-state index in [4.69, 9.17) is 4.74 Å². The van der Waals surface area contributed by atoms with E-state index in [2.05, 4.69) is 10.3 Å². The summed E-state index contributed by atoms with van der Waals surface area (Å²) >= 11 is 0. The molecule has 1 aromatic heterocycles. The molecular weight excluding hydrogens is 256 g/mol. The molecule has 0 spiro atoms. The van der Waals surface area contributed by atoms with E-state index in [0.717, 1.165) is 5.56 Å². The number of sulfone groups is 1. The molecule has 0 aliphatic carbocycles. The Morgan fingerprint density at radius 2 is 2.33 bits per heavy atom. The van der Waals surface area contributed by atoms with Gasteiger partial charge in [0.05, 0.1) is 24.7 Å². The number of aromatic nitrogens is 1. The van der Waals surface area contributed by atoms with Gasteiger partial charge >= 0.3 is 0 Å². The molecule has 1 aliphatic heterocycles. The van der Waals surface area contributed by atoms with Crippen LogP contribution in [0.2, 0.25) is 0 Å². The lowest BCUT2D eigenvalue weighted by Crippen LogP contribution is -2.38. The monoisotopic (exact) mass is 272 g/mol. The highest BCUT2D eigenvalue weighted by atomic mass is 32.2. The Morgan fingerprint density at radius 1 is 1.56 bits per heavy atom. The van der Waals surface area contributed by atoms with Crippen molar-refractivity contribution in [3.8, 4) is 5.88 Å². The van der Waals surface area contributed by atoms with Crippen molar-refractivity contribution >= 4 is 9.84 Å². The number of nitrogens with one attached hydrogen (secondary N) is 1. The standard InChI is InChI=1S/C11H16N2O4S/c1-17-11-4-8(2-3-12-11)5-13-9-6-18(15,16)7-10(9)14/h2-4,9-10,13-14H,5-7H2,1H3. The molecule has 0 radical (unpaired) electrons. The van der Waals surface area contributed by atoms with E-state index in [9.17, 15) is 13.5 Å². The van der Waals surface area contributed by atoms with Crippen LogP contribution in [0.5, 0.6) is 5.88 Å². The van der Waals surface area contributed by atoms with Crippen molar-refractivity contribution in [2.75, 3.05) is 18.6 Å². The fourth-order valence-electron chi connectivity index (χ4n) is 1.94. The minimum atomic E-state index is -3.11. The summed E-state index contributed by atoms with van der Waals surface area (Å²) in [5.74, 6) is 0.328. The molecule has 7 heteroatoms. The summed E-state index contributed by atoms with van der Waals surface area (Å²) in [7, 11) is -1.58. The van der Waals surface area contributed by atoms with Crippen LogP contribution in [0.25, 0.3) is 0 Å². The van der Waals surface area contributed by atoms with Crippen molar-refractivity contribution in [1.29, 1.82) is 0 Å². The van der Waals surface area contributed by atoms with Crippen molar-refractivity contribution in [3.05, 3.63) is 23.9 Å². The fourth-order valence-corrected chi connectivity index (χ4v) is 3.72. The number of pyridine rings is 1. The predicted molar refractivity (Wildman–Crippen MR) is 66.1 cm³/mol. The van der Waals surface area contributed by atoms with Crippen LogP contribution in [0, 0.1) is 0 Å². The first-order valence-corrected chi connectivity index (χ1v) is 7.43. The molecule has 0 bridgehead atoms. The average Bonchev–Trinajstić information content (AvgIpc) is 2.60. The maximum Gasteiger partial charge on any atom is 0.213 e. The molecule has 2 N–H and O–H groups in total. The van der Waals surface area contributed by atoms with Crippen molar-refractivity contribution in [2.45, 2.75) is 18.7 Å². The van der Waals surface area contributed by atoms with Crippen LogP contribution in [0.4, 0.5) is 0 Å². The van der Waals surface area contributed by atoms with Gasteiger partial charge in [0.2, 0.25) is 5.88 Å². The summed E-state index contributed by atoms with van der Waals surface area (Å²) in [5, 5.41) is 12.7. The molecule has 6 nitrogen and oxygen atoms in total. The number of rotatable bonds is 4. The molecular formula is C11H16N2O4S. The zero-order valence-electron chi connectivity index (χ0n) is 10.0. The molecule has 18 heavy (non-hydrogen) atoms. The van der Waals surface area contributed by atoms with Crippen molar-refractivity contribution in [2.24, 2.45) is 0 Å². The normalized spacial score (nSPS) is 26.1. The predicted octanol–water partition coefficient (Wildman–Crippen LogP) is -0.662. The molecule has 1 aliphatic rings. The minimum Gasteiger partial charge on any atom is -0.481 e. The quantitative estimate of drug-likeness (QED) is 0.756. The Hall–Kier alpha value is -1.18. The van der Waals surface area contributed by atoms with Crippen LogP contribution >= 0.6 is 0 Å². The number of ether oxygens (including phenoxy) is 1. The highest BCUT2D eigenvalue weighted by Gasteiger charge is 2.35. The van der Waals surface area contributed by atoms with Crippen molar-refractivity contribution in [1.82, 2.24) is 10.3 Å². The van der Waals surface area contributed by atoms with Gasteiger partial charge in [-0.3, -0.25) is 0 Å². The molecule has 1 saturated heterocycles. The van der Waals surface area contributed by atoms with E-state index < -0.39 is 22.0 Å². The highest BCUT2D eigenvalue weighted by molar-refractivity contribution is 7.91. The number of aliphatic hydroxyl groups is 1. The first kappa shape index (κ1) is 13.3. The van der Waals surface area contributed by atoms with Gasteiger partial charge in [-0.05, 0) is 11.6 Å². The summed E-state index contributed by atoms with van der Waals surface area (Å²) in [6.07, 6.45) is 0.788. The SMILES string of the molecule is COc1cc(CNC2CS(=O)(=O)CC2O)ccn1. The lowest BCUT2D eigenvalue weighted by molar-refractivity contribution is 0.165. The van der Waals surface area contributed by atoms with Crippen LogP contribution in [0.3, 0.4) is 0 Å². The molecule has 0 aromatic carbocycles. The van der Waals surface area contributed by atoms with Gasteiger partial charge < -0.3 is 15.2 Å². The Morgan fingerprint density at radius 3 is 2.94 bits per heavy atom. The van der Waals surface area contributed by atoms with E-state index in [1.54, 1.807) is 12.3 Å². The second-order valence-corrected chi connectivity index (χ2v) is 6.49. The largest absolute Gasteiger partial charge is 0.481 e. The Labute approximate surface area is 106 Å². The summed E-state index contributed by atoms with van der Waals surface area (Å²) in [5.41, 5.74) is 0.929. The van der Waals surface area contributed by atoms with Crippen molar-refractivity contribution in [3.63, 3.8) is 0 Å². The molecule has 1 aromatic rings. The van der Waals surface area contributed by atoms with Gasteiger partial charge in [0, 0.05) is 24.8 Å². The minimum absolute atomic E-state index is 0.0175. The van der Waals surface area contributed by atoms with E-state index in [1.165, 1.54) is 7.11 Å². The summed E-state index contributed by atoms with van der Waals surface area (Å²) in [6.45, 7) is 0.468. The van der Waals surface area contributed by atoms with Gasteiger partial charge in [-0.1, -0.05) is 0 Å². The number of hydrogen-bond acceptors (Lipinski definition) is 6. The number of hydrogen-bond donors (Lipinski definition) is 2. The average molecular weight is 272 g/mol. The molecule has 1 fully saturated rings. The Bertz CT molecular complexity index is 518. The van der Waals surface area contributed by atoms with Gasteiger partial charge in [0.15, 0.2) is 9.84 Å². The number of aliphatic hydroxyl groups excluding tert-OH is 1. The summed E-state index contributed by atoms with van der Waals surface area (Å²) in [4.78, 5) is 3.98. The maximum absolute atomic E-state index is 11.3. The topological polar surface area (TPSA) is 88.5 Å². The first-order chi connectivity index (χ1) is 8.50. The first-order valence-electron chi connectivity index (χ1n) is 5.61. The third-order valence-electron chi connectivity index (χ3n) is 2.90. The number of nitrogens with zero attached hydrogens (tertiary/aromatic N) is 1. The van der Waals surface area contributed by atoms with E-state index in [0.29, 0.717) is 12.4 Å². The van der Waals surface area contributed by atoms with Gasteiger partial charge in [0.25, 0.3) is 0 Å². The third-order valence-corrected chi connectivity index (χ3v) is 4.62. The molecule has 2 rings (SSSR count). The zero-order valence-corrected chi connectivity index (χ0v) is 10.9. The second kappa shape index (κ2) is 5.21. The summed E-state index contributed by atoms with van der Waals surface area (Å²) in [6, 6.07) is 3.17. The van der Waals surface area contributed by atoms with E-state index in [1.807, 2.05) is 6.07 Å². The molecule has 100 valence electrons. The Balaban J connectivity index is 1.95. The van der Waals surface area contributed by atoms with Gasteiger partial charge in [-0.15, -0.1) is 0 Å². The van der Waals surface area contributed by atoms with Crippen LogP contribution in [0.15, 0.2) is 18.3 Å². The van der Waals surface area contributed by atoms with Gasteiger partial charge in [-0.2, -0.15) is 0 Å². The maximum atomic E-state index is 11.3. The smallest absolute Gasteiger partial charge is 0.213 e. The van der Waals surface area contributed by atoms with Crippen LogP contribution in [-0.2, 0) is 16.4 Å².